The van der Waals surface area contributed by atoms with Crippen LogP contribution >= 0.6 is 0 Å². The fourth-order valence-electron chi connectivity index (χ4n) is 2.53. The molecule has 7 nitrogen and oxygen atoms in total. The minimum absolute atomic E-state index is 0.0854. The lowest BCUT2D eigenvalue weighted by atomic mass is 10.0. The second-order valence-corrected chi connectivity index (χ2v) is 6.53. The number of hydrogen-bond acceptors (Lipinski definition) is 6. The molecule has 28 heavy (non-hydrogen) atoms. The van der Waals surface area contributed by atoms with Crippen LogP contribution in [0.5, 0.6) is 11.5 Å². The minimum atomic E-state index is -0.269. The molecule has 1 heterocycles. The fourth-order valence-corrected chi connectivity index (χ4v) is 2.53. The molecule has 1 aromatic heterocycles. The molecule has 0 radical (unpaired) electrons. The maximum Gasteiger partial charge on any atom is 0.258 e. The van der Waals surface area contributed by atoms with Crippen LogP contribution in [0.25, 0.3) is 11.4 Å². The third-order valence-corrected chi connectivity index (χ3v) is 4.15. The molecular weight excluding hydrogens is 358 g/mol. The first-order chi connectivity index (χ1) is 13.5. The molecule has 3 rings (SSSR count). The smallest absolute Gasteiger partial charge is 0.258 e. The van der Waals surface area contributed by atoms with Gasteiger partial charge in [0.05, 0.1) is 13.7 Å². The molecule has 0 aliphatic rings. The predicted octanol–water partition coefficient (Wildman–Crippen LogP) is 3.56. The second kappa shape index (κ2) is 9.03. The first-order valence-corrected chi connectivity index (χ1v) is 9.01. The Kier molecular flexibility index (Phi) is 6.26. The first kappa shape index (κ1) is 19.4. The largest absolute Gasteiger partial charge is 0.497 e. The standard InChI is InChI=1S/C21H23N3O4/c1-14(2)15-7-9-17(10-8-15)27-13-19(25)22-12-20-23-21(24-28-20)16-5-4-6-18(11-16)26-3/h4-11,14H,12-13H2,1-3H3,(H,22,25). The Morgan fingerprint density at radius 3 is 2.64 bits per heavy atom. The molecule has 1 amide bonds. The Morgan fingerprint density at radius 1 is 1.14 bits per heavy atom. The summed E-state index contributed by atoms with van der Waals surface area (Å²) < 4.78 is 15.9. The highest BCUT2D eigenvalue weighted by atomic mass is 16.5. The van der Waals surface area contributed by atoms with Crippen LogP contribution in [0.1, 0.15) is 31.2 Å². The van der Waals surface area contributed by atoms with Gasteiger partial charge in [0.1, 0.15) is 11.5 Å². The van der Waals surface area contributed by atoms with E-state index in [1.165, 1.54) is 5.56 Å². The molecule has 146 valence electrons. The van der Waals surface area contributed by atoms with Crippen LogP contribution in [0.3, 0.4) is 0 Å². The quantitative estimate of drug-likeness (QED) is 0.642. The van der Waals surface area contributed by atoms with Gasteiger partial charge in [0.15, 0.2) is 6.61 Å². The molecule has 0 saturated carbocycles. The van der Waals surface area contributed by atoms with E-state index in [0.29, 0.717) is 29.1 Å². The molecule has 7 heteroatoms. The molecule has 3 aromatic rings. The number of aromatic nitrogens is 2. The highest BCUT2D eigenvalue weighted by Crippen LogP contribution is 2.21. The normalized spacial score (nSPS) is 10.7. The molecule has 0 fully saturated rings. The lowest BCUT2D eigenvalue weighted by Crippen LogP contribution is -2.28. The number of hydrogen-bond donors (Lipinski definition) is 1. The number of carbonyl (C=O) groups excluding carboxylic acids is 1. The molecule has 0 unspecified atom stereocenters. The van der Waals surface area contributed by atoms with Crippen LogP contribution in [0.4, 0.5) is 0 Å². The maximum absolute atomic E-state index is 12.0. The number of nitrogens with one attached hydrogen (secondary N) is 1. The number of nitrogens with zero attached hydrogens (tertiary/aromatic N) is 2. The van der Waals surface area contributed by atoms with Gasteiger partial charge in [0.2, 0.25) is 11.7 Å². The zero-order valence-corrected chi connectivity index (χ0v) is 16.1. The molecule has 0 bridgehead atoms. The first-order valence-electron chi connectivity index (χ1n) is 9.01. The summed E-state index contributed by atoms with van der Waals surface area (Å²) in [7, 11) is 1.59. The van der Waals surface area contributed by atoms with E-state index in [1.807, 2.05) is 48.5 Å². The van der Waals surface area contributed by atoms with E-state index in [0.717, 1.165) is 5.56 Å². The van der Waals surface area contributed by atoms with E-state index in [-0.39, 0.29) is 19.1 Å². The molecule has 0 aliphatic heterocycles. The van der Waals surface area contributed by atoms with Crippen LogP contribution in [0.2, 0.25) is 0 Å². The average Bonchev–Trinajstić information content (AvgIpc) is 3.20. The van der Waals surface area contributed by atoms with Gasteiger partial charge in [-0.05, 0) is 35.7 Å². The third-order valence-electron chi connectivity index (χ3n) is 4.15. The number of ether oxygens (including phenoxy) is 2. The SMILES string of the molecule is COc1cccc(-c2noc(CNC(=O)COc3ccc(C(C)C)cc3)n2)c1. The zero-order chi connectivity index (χ0) is 19.9. The summed E-state index contributed by atoms with van der Waals surface area (Å²) in [6, 6.07) is 15.1. The van der Waals surface area contributed by atoms with Gasteiger partial charge in [-0.15, -0.1) is 0 Å². The van der Waals surface area contributed by atoms with E-state index >= 15 is 0 Å². The van der Waals surface area contributed by atoms with Gasteiger partial charge in [-0.1, -0.05) is 43.3 Å². The number of benzene rings is 2. The molecule has 0 saturated heterocycles. The summed E-state index contributed by atoms with van der Waals surface area (Å²) in [6.45, 7) is 4.30. The van der Waals surface area contributed by atoms with Gasteiger partial charge in [0, 0.05) is 5.56 Å². The lowest BCUT2D eigenvalue weighted by Gasteiger charge is -2.08. The van der Waals surface area contributed by atoms with Gasteiger partial charge in [-0.25, -0.2) is 0 Å². The molecule has 0 aliphatic carbocycles. The van der Waals surface area contributed by atoms with Gasteiger partial charge < -0.3 is 19.3 Å². The summed E-state index contributed by atoms with van der Waals surface area (Å²) in [5.41, 5.74) is 1.99. The maximum atomic E-state index is 12.0. The van der Waals surface area contributed by atoms with Crippen molar-refractivity contribution in [1.82, 2.24) is 15.5 Å². The number of carbonyl (C=O) groups is 1. The predicted molar refractivity (Wildman–Crippen MR) is 104 cm³/mol. The van der Waals surface area contributed by atoms with E-state index in [9.17, 15) is 4.79 Å². The van der Waals surface area contributed by atoms with E-state index < -0.39 is 0 Å². The molecule has 0 spiro atoms. The lowest BCUT2D eigenvalue weighted by molar-refractivity contribution is -0.123. The summed E-state index contributed by atoms with van der Waals surface area (Å²) in [5, 5.41) is 6.63. The summed E-state index contributed by atoms with van der Waals surface area (Å²) in [6.07, 6.45) is 0. The van der Waals surface area contributed by atoms with Crippen LogP contribution < -0.4 is 14.8 Å². The zero-order valence-electron chi connectivity index (χ0n) is 16.1. The van der Waals surface area contributed by atoms with Crippen molar-refractivity contribution in [3.05, 3.63) is 60.0 Å². The number of methoxy groups -OCH3 is 1. The number of amides is 1. The highest BCUT2D eigenvalue weighted by Gasteiger charge is 2.11. The fraction of sp³-hybridized carbons (Fsp3) is 0.286. The summed E-state index contributed by atoms with van der Waals surface area (Å²) in [5.74, 6) is 2.29. The van der Waals surface area contributed by atoms with Crippen molar-refractivity contribution >= 4 is 5.91 Å². The molecule has 1 N–H and O–H groups in total. The Bertz CT molecular complexity index is 919. The van der Waals surface area contributed by atoms with Gasteiger partial charge in [-0.2, -0.15) is 4.98 Å². The monoisotopic (exact) mass is 381 g/mol. The van der Waals surface area contributed by atoms with E-state index in [2.05, 4.69) is 29.3 Å². The van der Waals surface area contributed by atoms with Gasteiger partial charge >= 0.3 is 0 Å². The number of rotatable bonds is 8. The van der Waals surface area contributed by atoms with Crippen LogP contribution in [0, 0.1) is 0 Å². The van der Waals surface area contributed by atoms with Crippen LogP contribution in [0.15, 0.2) is 53.1 Å². The van der Waals surface area contributed by atoms with Crippen LogP contribution in [-0.2, 0) is 11.3 Å². The summed E-state index contributed by atoms with van der Waals surface area (Å²) >= 11 is 0. The van der Waals surface area contributed by atoms with E-state index in [4.69, 9.17) is 14.0 Å². The molecule has 2 aromatic carbocycles. The van der Waals surface area contributed by atoms with Crippen molar-refractivity contribution in [2.45, 2.75) is 26.3 Å². The average molecular weight is 381 g/mol. The van der Waals surface area contributed by atoms with E-state index in [1.54, 1.807) is 7.11 Å². The Morgan fingerprint density at radius 2 is 1.93 bits per heavy atom. The minimum Gasteiger partial charge on any atom is -0.497 e. The highest BCUT2D eigenvalue weighted by molar-refractivity contribution is 5.77. The van der Waals surface area contributed by atoms with Crippen molar-refractivity contribution in [1.29, 1.82) is 0 Å². The van der Waals surface area contributed by atoms with Crippen molar-refractivity contribution in [3.63, 3.8) is 0 Å². The summed E-state index contributed by atoms with van der Waals surface area (Å²) in [4.78, 5) is 16.3. The molecule has 0 atom stereocenters. The Hall–Kier alpha value is -3.35. The Labute approximate surface area is 163 Å². The van der Waals surface area contributed by atoms with Crippen molar-refractivity contribution < 1.29 is 18.8 Å². The van der Waals surface area contributed by atoms with Crippen molar-refractivity contribution in [2.24, 2.45) is 0 Å². The van der Waals surface area contributed by atoms with Crippen LogP contribution in [-0.4, -0.2) is 29.8 Å². The van der Waals surface area contributed by atoms with Gasteiger partial charge in [0.25, 0.3) is 5.91 Å². The Balaban J connectivity index is 1.49. The van der Waals surface area contributed by atoms with Crippen molar-refractivity contribution in [3.8, 4) is 22.9 Å². The van der Waals surface area contributed by atoms with Gasteiger partial charge in [-0.3, -0.25) is 4.79 Å². The second-order valence-electron chi connectivity index (χ2n) is 6.53. The van der Waals surface area contributed by atoms with Crippen molar-refractivity contribution in [2.75, 3.05) is 13.7 Å². The third kappa shape index (κ3) is 5.09. The molecular formula is C21H23N3O4. The topological polar surface area (TPSA) is 86.5 Å².